The van der Waals surface area contributed by atoms with Crippen molar-refractivity contribution in [1.29, 1.82) is 0 Å². The maximum Gasteiger partial charge on any atom is 0.600 e. The van der Waals surface area contributed by atoms with Crippen molar-refractivity contribution in [2.75, 3.05) is 0 Å². The number of hydrogen-bond donors (Lipinski definition) is 0. The molecule has 1 aliphatic rings. The molecule has 0 saturated carbocycles. The van der Waals surface area contributed by atoms with Gasteiger partial charge < -0.3 is 9.05 Å². The van der Waals surface area contributed by atoms with E-state index >= 15 is 0 Å². The molecule has 1 aliphatic heterocycles. The summed E-state index contributed by atoms with van der Waals surface area (Å²) in [5, 5.41) is 3.85. The molecule has 0 unspecified atom stereocenters. The molecule has 0 spiro atoms. The summed E-state index contributed by atoms with van der Waals surface area (Å²) in [6.07, 6.45) is 0. The Bertz CT molecular complexity index is 1160. The molecule has 0 N–H and O–H groups in total. The lowest BCUT2D eigenvalue weighted by atomic mass is 9.92. The quantitative estimate of drug-likeness (QED) is 0.294. The molecule has 26 heavy (non-hydrogen) atoms. The standard InChI is InChI=1S/C20H12NO4P/c22-21-26(23)24-17-11-9-13-5-1-3-7-15(13)19(17)20-16-8-4-2-6-14(16)10-12-18(20)25-26/h1-12H. The Morgan fingerprint density at radius 2 is 1.12 bits per heavy atom. The highest BCUT2D eigenvalue weighted by Crippen LogP contribution is 2.59. The highest BCUT2D eigenvalue weighted by molar-refractivity contribution is 7.53. The minimum Gasteiger partial charge on any atom is -0.397 e. The maximum absolute atomic E-state index is 12.7. The van der Waals surface area contributed by atoms with Gasteiger partial charge in [0, 0.05) is 11.1 Å². The first-order chi connectivity index (χ1) is 12.7. The zero-order valence-corrected chi connectivity index (χ0v) is 14.4. The largest absolute Gasteiger partial charge is 0.600 e. The van der Waals surface area contributed by atoms with E-state index < -0.39 is 7.75 Å². The summed E-state index contributed by atoms with van der Waals surface area (Å²) in [4.78, 5) is 13.9. The fourth-order valence-corrected chi connectivity index (χ4v) is 4.38. The van der Waals surface area contributed by atoms with E-state index in [2.05, 4.69) is 4.95 Å². The Morgan fingerprint density at radius 3 is 1.58 bits per heavy atom. The third-order valence-corrected chi connectivity index (χ3v) is 5.61. The lowest BCUT2D eigenvalue weighted by Crippen LogP contribution is -1.95. The molecular formula is C20H12NO4P. The van der Waals surface area contributed by atoms with Crippen molar-refractivity contribution in [2.45, 2.75) is 0 Å². The molecule has 0 bridgehead atoms. The second-order valence-electron chi connectivity index (χ2n) is 6.05. The normalized spacial score (nSPS) is 14.6. The molecule has 0 atom stereocenters. The fraction of sp³-hybridized carbons (Fsp3) is 0. The first-order valence-electron chi connectivity index (χ1n) is 8.06. The zero-order chi connectivity index (χ0) is 17.7. The van der Waals surface area contributed by atoms with Crippen molar-refractivity contribution < 1.29 is 13.6 Å². The summed E-state index contributed by atoms with van der Waals surface area (Å²) < 4.78 is 23.7. The molecule has 4 aromatic rings. The molecule has 6 heteroatoms. The SMILES string of the molecule is O=NP1(=O)Oc2ccc3ccccc3c2-c2c(ccc3ccccc23)O1. The first kappa shape index (κ1) is 15.1. The van der Waals surface area contributed by atoms with Crippen molar-refractivity contribution in [2.24, 2.45) is 4.95 Å². The maximum atomic E-state index is 12.7. The topological polar surface area (TPSA) is 65.0 Å². The number of fused-ring (bicyclic) bond motifs is 7. The van der Waals surface area contributed by atoms with Crippen molar-refractivity contribution in [3.05, 3.63) is 77.7 Å². The van der Waals surface area contributed by atoms with Crippen LogP contribution in [0.15, 0.2) is 77.7 Å². The Balaban J connectivity index is 2.01. The third kappa shape index (κ3) is 2.14. The zero-order valence-electron chi connectivity index (χ0n) is 13.5. The lowest BCUT2D eigenvalue weighted by Gasteiger charge is -2.13. The molecule has 0 aliphatic carbocycles. The minimum atomic E-state index is -4.19. The average molecular weight is 361 g/mol. The van der Waals surface area contributed by atoms with Crippen molar-refractivity contribution >= 4 is 29.3 Å². The smallest absolute Gasteiger partial charge is 0.397 e. The van der Waals surface area contributed by atoms with Crippen LogP contribution in [0, 0.1) is 4.91 Å². The number of nitroso groups, excluding NO2 is 1. The monoisotopic (exact) mass is 361 g/mol. The minimum absolute atomic E-state index is 0.321. The van der Waals surface area contributed by atoms with Crippen LogP contribution in [0.25, 0.3) is 32.7 Å². The summed E-state index contributed by atoms with van der Waals surface area (Å²) in [5.41, 5.74) is 1.49. The summed E-state index contributed by atoms with van der Waals surface area (Å²) >= 11 is 0. The van der Waals surface area contributed by atoms with Crippen molar-refractivity contribution in [1.82, 2.24) is 0 Å². The van der Waals surface area contributed by atoms with Crippen LogP contribution in [-0.4, -0.2) is 0 Å². The van der Waals surface area contributed by atoms with Gasteiger partial charge in [0.25, 0.3) is 0 Å². The Hall–Kier alpha value is -3.17. The second kappa shape index (κ2) is 5.41. The Kier molecular flexibility index (Phi) is 3.15. The average Bonchev–Trinajstić information content (AvgIpc) is 2.82. The molecule has 0 amide bonds. The predicted molar refractivity (Wildman–Crippen MR) is 102 cm³/mol. The molecule has 0 fully saturated rings. The second-order valence-corrected chi connectivity index (χ2v) is 7.52. The first-order valence-corrected chi connectivity index (χ1v) is 9.56. The van der Waals surface area contributed by atoms with E-state index in [1.165, 1.54) is 0 Å². The fourth-order valence-electron chi connectivity index (χ4n) is 3.47. The number of nitrogens with zero attached hydrogens (tertiary/aromatic N) is 1. The van der Waals surface area contributed by atoms with E-state index in [1.807, 2.05) is 60.7 Å². The predicted octanol–water partition coefficient (Wildman–Crippen LogP) is 6.31. The molecule has 0 radical (unpaired) electrons. The van der Waals surface area contributed by atoms with Crippen LogP contribution in [0.1, 0.15) is 0 Å². The third-order valence-electron chi connectivity index (χ3n) is 4.56. The van der Waals surface area contributed by atoms with Crippen molar-refractivity contribution in [3.8, 4) is 22.6 Å². The van der Waals surface area contributed by atoms with Gasteiger partial charge in [0.1, 0.15) is 11.5 Å². The van der Waals surface area contributed by atoms with E-state index in [1.54, 1.807) is 12.1 Å². The van der Waals surface area contributed by atoms with Gasteiger partial charge in [-0.15, -0.1) is 4.91 Å². The summed E-state index contributed by atoms with van der Waals surface area (Å²) in [5.74, 6) is 0.642. The van der Waals surface area contributed by atoms with E-state index in [0.717, 1.165) is 32.7 Å². The molecule has 0 aromatic heterocycles. The number of rotatable bonds is 1. The van der Waals surface area contributed by atoms with Crippen LogP contribution in [0.2, 0.25) is 0 Å². The number of hydrogen-bond acceptors (Lipinski definition) is 4. The highest BCUT2D eigenvalue weighted by atomic mass is 31.2. The van der Waals surface area contributed by atoms with Crippen LogP contribution in [0.5, 0.6) is 11.5 Å². The van der Waals surface area contributed by atoms with Gasteiger partial charge in [0.2, 0.25) is 0 Å². The van der Waals surface area contributed by atoms with Gasteiger partial charge in [-0.1, -0.05) is 60.7 Å². The Morgan fingerprint density at radius 1 is 0.654 bits per heavy atom. The van der Waals surface area contributed by atoms with Crippen LogP contribution in [0.3, 0.4) is 0 Å². The van der Waals surface area contributed by atoms with E-state index in [9.17, 15) is 9.47 Å². The molecule has 5 nitrogen and oxygen atoms in total. The van der Waals surface area contributed by atoms with Crippen LogP contribution in [0.4, 0.5) is 0 Å². The molecule has 4 aromatic carbocycles. The lowest BCUT2D eigenvalue weighted by molar-refractivity contribution is 0.393. The van der Waals surface area contributed by atoms with E-state index in [0.29, 0.717) is 11.5 Å². The molecular weight excluding hydrogens is 349 g/mol. The molecule has 126 valence electrons. The molecule has 0 saturated heterocycles. The molecule has 1 heterocycles. The van der Waals surface area contributed by atoms with E-state index in [-0.39, 0.29) is 0 Å². The highest BCUT2D eigenvalue weighted by Gasteiger charge is 2.37. The van der Waals surface area contributed by atoms with Gasteiger partial charge in [-0.3, -0.25) is 0 Å². The van der Waals surface area contributed by atoms with Gasteiger partial charge >= 0.3 is 7.75 Å². The van der Waals surface area contributed by atoms with Gasteiger partial charge in [-0.25, -0.2) is 4.57 Å². The number of benzene rings is 4. The van der Waals surface area contributed by atoms with Gasteiger partial charge in [0.05, 0.1) is 4.95 Å². The summed E-state index contributed by atoms with van der Waals surface area (Å²) in [7, 11) is -4.19. The Labute approximate surface area is 148 Å². The van der Waals surface area contributed by atoms with Crippen LogP contribution >= 0.6 is 7.75 Å². The van der Waals surface area contributed by atoms with Crippen LogP contribution < -0.4 is 9.05 Å². The van der Waals surface area contributed by atoms with Gasteiger partial charge in [-0.2, -0.15) is 0 Å². The van der Waals surface area contributed by atoms with Crippen LogP contribution in [-0.2, 0) is 4.57 Å². The summed E-state index contributed by atoms with van der Waals surface area (Å²) in [6.45, 7) is 0. The van der Waals surface area contributed by atoms with E-state index in [4.69, 9.17) is 9.05 Å². The van der Waals surface area contributed by atoms with Gasteiger partial charge in [0.15, 0.2) is 0 Å². The summed E-state index contributed by atoms with van der Waals surface area (Å²) in [6, 6.07) is 22.8. The van der Waals surface area contributed by atoms with Gasteiger partial charge in [-0.05, 0) is 33.7 Å². The molecule has 5 rings (SSSR count). The van der Waals surface area contributed by atoms with Crippen molar-refractivity contribution in [3.63, 3.8) is 0 Å².